The fourth-order valence-corrected chi connectivity index (χ4v) is 2.21. The molecule has 10 heteroatoms. The Morgan fingerprint density at radius 3 is 2.55 bits per heavy atom. The molecule has 0 spiro atoms. The summed E-state index contributed by atoms with van der Waals surface area (Å²) in [5, 5.41) is 11.6. The average molecular weight is 324 g/mol. The Kier molecular flexibility index (Phi) is 4.30. The SMILES string of the molecule is CC(NCc1cc(C#N)cc2[nH]c(=O)c(=O)[nH]c12)P(=O)(O)O. The smallest absolute Gasteiger partial charge is 0.323 e. The Balaban J connectivity index is 2.50. The van der Waals surface area contributed by atoms with Crippen LogP contribution in [-0.2, 0) is 11.1 Å². The molecule has 0 aliphatic heterocycles. The molecular weight excluding hydrogens is 311 g/mol. The van der Waals surface area contributed by atoms with Gasteiger partial charge >= 0.3 is 18.7 Å². The minimum absolute atomic E-state index is 0.000278. The van der Waals surface area contributed by atoms with Crippen molar-refractivity contribution in [3.05, 3.63) is 44.0 Å². The van der Waals surface area contributed by atoms with E-state index in [2.05, 4.69) is 15.3 Å². The molecule has 1 aromatic carbocycles. The number of aromatic amines is 2. The van der Waals surface area contributed by atoms with Crippen LogP contribution in [0.2, 0.25) is 0 Å². The van der Waals surface area contributed by atoms with Gasteiger partial charge in [0.15, 0.2) is 0 Å². The van der Waals surface area contributed by atoms with Gasteiger partial charge in [0.2, 0.25) is 0 Å². The third kappa shape index (κ3) is 3.32. The van der Waals surface area contributed by atoms with Crippen molar-refractivity contribution in [1.29, 1.82) is 5.26 Å². The molecule has 1 aromatic heterocycles. The number of nitriles is 1. The first-order chi connectivity index (χ1) is 10.2. The predicted octanol–water partition coefficient (Wildman–Crippen LogP) is -0.299. The summed E-state index contributed by atoms with van der Waals surface area (Å²) in [6, 6.07) is 4.79. The van der Waals surface area contributed by atoms with Crippen molar-refractivity contribution in [2.45, 2.75) is 19.3 Å². The average Bonchev–Trinajstić information content (AvgIpc) is 2.44. The lowest BCUT2D eigenvalue weighted by Crippen LogP contribution is -2.30. The van der Waals surface area contributed by atoms with Crippen LogP contribution in [0.15, 0.2) is 21.7 Å². The van der Waals surface area contributed by atoms with Gasteiger partial charge in [-0.15, -0.1) is 0 Å². The maximum atomic E-state index is 11.4. The maximum absolute atomic E-state index is 11.4. The second-order valence-electron chi connectivity index (χ2n) is 4.72. The summed E-state index contributed by atoms with van der Waals surface area (Å²) in [5.74, 6) is -1.09. The standard InChI is InChI=1S/C12H13N4O5P/c1-6(22(19,20)21)14-5-8-2-7(4-13)3-9-10(8)16-12(18)11(17)15-9/h2-3,6,14H,5H2,1H3,(H,15,17)(H,16,18)(H2,19,20,21). The monoisotopic (exact) mass is 324 g/mol. The Labute approximate surface area is 123 Å². The normalized spacial score (nSPS) is 13.0. The summed E-state index contributed by atoms with van der Waals surface area (Å²) in [6.07, 6.45) is 0. The highest BCUT2D eigenvalue weighted by atomic mass is 31.2. The number of benzene rings is 1. The van der Waals surface area contributed by atoms with E-state index in [1.165, 1.54) is 19.1 Å². The fourth-order valence-electron chi connectivity index (χ4n) is 1.88. The number of hydrogen-bond acceptors (Lipinski definition) is 5. The molecule has 1 heterocycles. The summed E-state index contributed by atoms with van der Waals surface area (Å²) >= 11 is 0. The van der Waals surface area contributed by atoms with Gasteiger partial charge in [0, 0.05) is 6.54 Å². The lowest BCUT2D eigenvalue weighted by Gasteiger charge is -2.16. The minimum Gasteiger partial charge on any atom is -0.323 e. The van der Waals surface area contributed by atoms with E-state index >= 15 is 0 Å². The minimum atomic E-state index is -4.30. The molecule has 2 rings (SSSR count). The lowest BCUT2D eigenvalue weighted by molar-refractivity contribution is 0.350. The van der Waals surface area contributed by atoms with Gasteiger partial charge in [-0.1, -0.05) is 0 Å². The summed E-state index contributed by atoms with van der Waals surface area (Å²) in [4.78, 5) is 45.6. The van der Waals surface area contributed by atoms with Crippen molar-refractivity contribution < 1.29 is 14.4 Å². The van der Waals surface area contributed by atoms with Crippen LogP contribution in [0.25, 0.3) is 11.0 Å². The summed E-state index contributed by atoms with van der Waals surface area (Å²) < 4.78 is 11.1. The first-order valence-corrected chi connectivity index (χ1v) is 7.88. The maximum Gasteiger partial charge on any atom is 0.342 e. The van der Waals surface area contributed by atoms with E-state index in [1.54, 1.807) is 0 Å². The molecule has 0 saturated heterocycles. The zero-order valence-electron chi connectivity index (χ0n) is 11.5. The molecule has 1 unspecified atom stereocenters. The number of fused-ring (bicyclic) bond motifs is 1. The molecule has 0 radical (unpaired) electrons. The zero-order valence-corrected chi connectivity index (χ0v) is 12.3. The Morgan fingerprint density at radius 1 is 1.32 bits per heavy atom. The number of nitrogens with zero attached hydrogens (tertiary/aromatic N) is 1. The molecule has 22 heavy (non-hydrogen) atoms. The first kappa shape index (κ1) is 16.1. The third-order valence-corrected chi connectivity index (χ3v) is 4.33. The Hall–Kier alpha value is -2.24. The Morgan fingerprint density at radius 2 is 1.95 bits per heavy atom. The van der Waals surface area contributed by atoms with Gasteiger partial charge in [0.05, 0.1) is 22.7 Å². The van der Waals surface area contributed by atoms with Crippen LogP contribution in [0, 0.1) is 11.3 Å². The van der Waals surface area contributed by atoms with Crippen LogP contribution >= 0.6 is 7.60 Å². The van der Waals surface area contributed by atoms with E-state index in [0.717, 1.165) is 0 Å². The predicted molar refractivity (Wildman–Crippen MR) is 78.3 cm³/mol. The van der Waals surface area contributed by atoms with Crippen molar-refractivity contribution in [2.24, 2.45) is 0 Å². The molecular formula is C12H13N4O5P. The second-order valence-corrected chi connectivity index (χ2v) is 6.68. The molecule has 1 atom stereocenters. The highest BCUT2D eigenvalue weighted by molar-refractivity contribution is 7.52. The molecule has 2 aromatic rings. The van der Waals surface area contributed by atoms with Crippen molar-refractivity contribution >= 4 is 18.6 Å². The largest absolute Gasteiger partial charge is 0.342 e. The van der Waals surface area contributed by atoms with Crippen LogP contribution in [0.1, 0.15) is 18.1 Å². The molecule has 116 valence electrons. The molecule has 0 saturated carbocycles. The van der Waals surface area contributed by atoms with Crippen LogP contribution < -0.4 is 16.4 Å². The molecule has 0 amide bonds. The van der Waals surface area contributed by atoms with Crippen molar-refractivity contribution in [1.82, 2.24) is 15.3 Å². The van der Waals surface area contributed by atoms with Crippen molar-refractivity contribution in [2.75, 3.05) is 0 Å². The van der Waals surface area contributed by atoms with Crippen LogP contribution in [0.4, 0.5) is 0 Å². The van der Waals surface area contributed by atoms with Crippen molar-refractivity contribution in [3.63, 3.8) is 0 Å². The lowest BCUT2D eigenvalue weighted by atomic mass is 10.1. The quantitative estimate of drug-likeness (QED) is 0.381. The van der Waals surface area contributed by atoms with Gasteiger partial charge in [-0.3, -0.25) is 19.5 Å². The van der Waals surface area contributed by atoms with Crippen LogP contribution in [-0.4, -0.2) is 25.5 Å². The highest BCUT2D eigenvalue weighted by Crippen LogP contribution is 2.39. The summed E-state index contributed by atoms with van der Waals surface area (Å²) in [6.45, 7) is 1.32. The topological polar surface area (TPSA) is 159 Å². The molecule has 5 N–H and O–H groups in total. The van der Waals surface area contributed by atoms with E-state index in [1.807, 2.05) is 6.07 Å². The van der Waals surface area contributed by atoms with E-state index in [0.29, 0.717) is 11.1 Å². The molecule has 0 bridgehead atoms. The van der Waals surface area contributed by atoms with Gasteiger partial charge < -0.3 is 19.8 Å². The molecule has 0 aliphatic rings. The molecule has 0 fully saturated rings. The van der Waals surface area contributed by atoms with Gasteiger partial charge in [-0.25, -0.2) is 0 Å². The Bertz CT molecular complexity index is 920. The van der Waals surface area contributed by atoms with Gasteiger partial charge in [-0.05, 0) is 24.6 Å². The van der Waals surface area contributed by atoms with Gasteiger partial charge in [0.1, 0.15) is 5.78 Å². The van der Waals surface area contributed by atoms with Gasteiger partial charge in [0.25, 0.3) is 0 Å². The van der Waals surface area contributed by atoms with E-state index in [-0.39, 0.29) is 17.6 Å². The summed E-state index contributed by atoms with van der Waals surface area (Å²) in [7, 11) is -4.30. The second kappa shape index (κ2) is 5.87. The third-order valence-electron chi connectivity index (χ3n) is 3.13. The number of aromatic nitrogens is 2. The van der Waals surface area contributed by atoms with Crippen LogP contribution in [0.3, 0.4) is 0 Å². The number of hydrogen-bond donors (Lipinski definition) is 5. The first-order valence-electron chi connectivity index (χ1n) is 6.20. The van der Waals surface area contributed by atoms with Crippen molar-refractivity contribution in [3.8, 4) is 6.07 Å². The number of rotatable bonds is 4. The molecule has 0 aliphatic carbocycles. The highest BCUT2D eigenvalue weighted by Gasteiger charge is 2.23. The molecule has 9 nitrogen and oxygen atoms in total. The number of H-pyrrole nitrogens is 2. The van der Waals surface area contributed by atoms with Crippen LogP contribution in [0.5, 0.6) is 0 Å². The van der Waals surface area contributed by atoms with E-state index in [4.69, 9.17) is 15.0 Å². The van der Waals surface area contributed by atoms with Gasteiger partial charge in [-0.2, -0.15) is 5.26 Å². The van der Waals surface area contributed by atoms with E-state index < -0.39 is 24.5 Å². The summed E-state index contributed by atoms with van der Waals surface area (Å²) in [5.41, 5.74) is -0.441. The number of nitrogens with one attached hydrogen (secondary N) is 3. The fraction of sp³-hybridized carbons (Fsp3) is 0.250. The van der Waals surface area contributed by atoms with E-state index in [9.17, 15) is 14.2 Å². The zero-order chi connectivity index (χ0) is 16.5.